The molecule has 0 aromatic carbocycles. The number of piperidine rings is 1. The summed E-state index contributed by atoms with van der Waals surface area (Å²) >= 11 is 0. The van der Waals surface area contributed by atoms with Crippen molar-refractivity contribution in [3.63, 3.8) is 0 Å². The third-order valence-corrected chi connectivity index (χ3v) is 4.78. The number of ether oxygens (including phenoxy) is 1. The molecule has 2 rings (SSSR count). The Labute approximate surface area is 112 Å². The van der Waals surface area contributed by atoms with E-state index >= 15 is 0 Å². The summed E-state index contributed by atoms with van der Waals surface area (Å²) < 4.78 is 5.73. The van der Waals surface area contributed by atoms with Crippen LogP contribution in [0, 0.1) is 5.92 Å². The van der Waals surface area contributed by atoms with Crippen molar-refractivity contribution >= 4 is 0 Å². The fourth-order valence-electron chi connectivity index (χ4n) is 3.77. The van der Waals surface area contributed by atoms with E-state index in [1.807, 2.05) is 0 Å². The minimum Gasteiger partial charge on any atom is -0.378 e. The molecule has 1 atom stereocenters. The normalized spacial score (nSPS) is 26.3. The first-order valence-electron chi connectivity index (χ1n) is 7.90. The molecule has 2 N–H and O–H groups in total. The lowest BCUT2D eigenvalue weighted by Crippen LogP contribution is -2.50. The fourth-order valence-corrected chi connectivity index (χ4v) is 3.77. The first kappa shape index (κ1) is 14.3. The van der Waals surface area contributed by atoms with Crippen LogP contribution in [0.15, 0.2) is 0 Å². The molecule has 18 heavy (non-hydrogen) atoms. The molecule has 3 nitrogen and oxygen atoms in total. The summed E-state index contributed by atoms with van der Waals surface area (Å²) in [6.45, 7) is 6.15. The molecule has 1 heterocycles. The molecule has 0 spiro atoms. The second-order valence-electron chi connectivity index (χ2n) is 5.89. The summed E-state index contributed by atoms with van der Waals surface area (Å²) in [6, 6.07) is 0.632. The predicted molar refractivity (Wildman–Crippen MR) is 75.6 cm³/mol. The highest BCUT2D eigenvalue weighted by Crippen LogP contribution is 2.30. The van der Waals surface area contributed by atoms with Gasteiger partial charge in [0.05, 0.1) is 6.10 Å². The lowest BCUT2D eigenvalue weighted by atomic mass is 9.82. The molecule has 2 aliphatic rings. The van der Waals surface area contributed by atoms with Gasteiger partial charge >= 0.3 is 0 Å². The molecule has 1 saturated heterocycles. The molecule has 0 bridgehead atoms. The zero-order chi connectivity index (χ0) is 12.8. The molecular formula is C15H30N2O. The Balaban J connectivity index is 1.81. The van der Waals surface area contributed by atoms with E-state index in [-0.39, 0.29) is 0 Å². The predicted octanol–water partition coefficient (Wildman–Crippen LogP) is 2.39. The van der Waals surface area contributed by atoms with Crippen LogP contribution in [0.4, 0.5) is 0 Å². The largest absolute Gasteiger partial charge is 0.378 e. The van der Waals surface area contributed by atoms with E-state index in [2.05, 4.69) is 11.8 Å². The summed E-state index contributed by atoms with van der Waals surface area (Å²) in [7, 11) is 0. The number of nitrogens with zero attached hydrogens (tertiary/aromatic N) is 1. The van der Waals surface area contributed by atoms with E-state index in [4.69, 9.17) is 10.5 Å². The van der Waals surface area contributed by atoms with E-state index in [1.54, 1.807) is 0 Å². The van der Waals surface area contributed by atoms with Crippen LogP contribution in [0.5, 0.6) is 0 Å². The van der Waals surface area contributed by atoms with Crippen molar-refractivity contribution in [3.05, 3.63) is 0 Å². The Bertz CT molecular complexity index is 221. The second kappa shape index (κ2) is 7.46. The Hall–Kier alpha value is -0.120. The molecule has 3 heteroatoms. The van der Waals surface area contributed by atoms with Crippen LogP contribution < -0.4 is 5.73 Å². The molecule has 1 unspecified atom stereocenters. The van der Waals surface area contributed by atoms with E-state index in [9.17, 15) is 0 Å². The molecule has 0 radical (unpaired) electrons. The summed E-state index contributed by atoms with van der Waals surface area (Å²) in [5, 5.41) is 0. The van der Waals surface area contributed by atoms with Crippen LogP contribution in [0.2, 0.25) is 0 Å². The van der Waals surface area contributed by atoms with Crippen LogP contribution in [0.25, 0.3) is 0 Å². The molecule has 1 saturated carbocycles. The Kier molecular flexibility index (Phi) is 5.93. The number of hydrogen-bond acceptors (Lipinski definition) is 3. The van der Waals surface area contributed by atoms with Gasteiger partial charge in [0.25, 0.3) is 0 Å². The van der Waals surface area contributed by atoms with Gasteiger partial charge in [-0.05, 0) is 38.5 Å². The third-order valence-electron chi connectivity index (χ3n) is 4.78. The molecular weight excluding hydrogens is 224 g/mol. The highest BCUT2D eigenvalue weighted by molar-refractivity contribution is 4.85. The average molecular weight is 254 g/mol. The molecule has 2 fully saturated rings. The summed E-state index contributed by atoms with van der Waals surface area (Å²) in [6.07, 6.45) is 9.93. The van der Waals surface area contributed by atoms with Crippen molar-refractivity contribution in [3.8, 4) is 0 Å². The SMILES string of the molecule is CCOC1CCN(C(CN)C2CCCCC2)CC1. The zero-order valence-electron chi connectivity index (χ0n) is 11.9. The van der Waals surface area contributed by atoms with Crippen molar-refractivity contribution in [2.24, 2.45) is 11.7 Å². The van der Waals surface area contributed by atoms with Gasteiger partial charge in [-0.15, -0.1) is 0 Å². The van der Waals surface area contributed by atoms with Crippen LogP contribution in [-0.4, -0.2) is 43.3 Å². The van der Waals surface area contributed by atoms with Gasteiger partial charge in [-0.25, -0.2) is 0 Å². The van der Waals surface area contributed by atoms with Gasteiger partial charge in [0, 0.05) is 32.3 Å². The fraction of sp³-hybridized carbons (Fsp3) is 1.00. The van der Waals surface area contributed by atoms with Crippen LogP contribution >= 0.6 is 0 Å². The van der Waals surface area contributed by atoms with Crippen molar-refractivity contribution < 1.29 is 4.74 Å². The van der Waals surface area contributed by atoms with Crippen molar-refractivity contribution in [2.45, 2.75) is 64.0 Å². The molecule has 106 valence electrons. The maximum atomic E-state index is 6.05. The zero-order valence-corrected chi connectivity index (χ0v) is 11.9. The van der Waals surface area contributed by atoms with Crippen LogP contribution in [0.1, 0.15) is 51.9 Å². The van der Waals surface area contributed by atoms with Crippen molar-refractivity contribution in [1.82, 2.24) is 4.90 Å². The number of nitrogens with two attached hydrogens (primary N) is 1. The lowest BCUT2D eigenvalue weighted by molar-refractivity contribution is -0.00516. The van der Waals surface area contributed by atoms with Crippen LogP contribution in [0.3, 0.4) is 0 Å². The van der Waals surface area contributed by atoms with E-state index in [1.165, 1.54) is 58.0 Å². The molecule has 0 aromatic rings. The van der Waals surface area contributed by atoms with Gasteiger partial charge in [0.2, 0.25) is 0 Å². The van der Waals surface area contributed by atoms with Crippen LogP contribution in [-0.2, 0) is 4.74 Å². The molecule has 1 aliphatic heterocycles. The van der Waals surface area contributed by atoms with Gasteiger partial charge in [-0.1, -0.05) is 19.3 Å². The Morgan fingerprint density at radius 2 is 1.78 bits per heavy atom. The van der Waals surface area contributed by atoms with Gasteiger partial charge in [0.1, 0.15) is 0 Å². The first-order chi connectivity index (χ1) is 8.85. The number of hydrogen-bond donors (Lipinski definition) is 1. The smallest absolute Gasteiger partial charge is 0.0599 e. The summed E-state index contributed by atoms with van der Waals surface area (Å²) in [4.78, 5) is 2.64. The van der Waals surface area contributed by atoms with Crippen molar-refractivity contribution in [2.75, 3.05) is 26.2 Å². The Morgan fingerprint density at radius 1 is 1.11 bits per heavy atom. The van der Waals surface area contributed by atoms with E-state index in [0.717, 1.165) is 19.1 Å². The van der Waals surface area contributed by atoms with Gasteiger partial charge in [-0.3, -0.25) is 4.90 Å². The Morgan fingerprint density at radius 3 is 2.33 bits per heavy atom. The van der Waals surface area contributed by atoms with Crippen molar-refractivity contribution in [1.29, 1.82) is 0 Å². The minimum absolute atomic E-state index is 0.496. The average Bonchev–Trinajstić information content (AvgIpc) is 2.43. The van der Waals surface area contributed by atoms with Gasteiger partial charge in [-0.2, -0.15) is 0 Å². The highest BCUT2D eigenvalue weighted by Gasteiger charge is 2.30. The minimum atomic E-state index is 0.496. The monoisotopic (exact) mass is 254 g/mol. The molecule has 0 amide bonds. The highest BCUT2D eigenvalue weighted by atomic mass is 16.5. The third kappa shape index (κ3) is 3.69. The quantitative estimate of drug-likeness (QED) is 0.819. The topological polar surface area (TPSA) is 38.5 Å². The van der Waals surface area contributed by atoms with E-state index < -0.39 is 0 Å². The number of likely N-dealkylation sites (tertiary alicyclic amines) is 1. The maximum Gasteiger partial charge on any atom is 0.0599 e. The van der Waals surface area contributed by atoms with Gasteiger partial charge < -0.3 is 10.5 Å². The first-order valence-corrected chi connectivity index (χ1v) is 7.90. The maximum absolute atomic E-state index is 6.05. The summed E-state index contributed by atoms with van der Waals surface area (Å²) in [5.41, 5.74) is 6.05. The molecule has 0 aromatic heterocycles. The lowest BCUT2D eigenvalue weighted by Gasteiger charge is -2.41. The number of rotatable bonds is 5. The summed E-state index contributed by atoms with van der Waals surface area (Å²) in [5.74, 6) is 0.854. The standard InChI is InChI=1S/C15H30N2O/c1-2-18-14-8-10-17(11-9-14)15(12-16)13-6-4-3-5-7-13/h13-15H,2-12,16H2,1H3. The van der Waals surface area contributed by atoms with E-state index in [0.29, 0.717) is 12.1 Å². The molecule has 1 aliphatic carbocycles. The second-order valence-corrected chi connectivity index (χ2v) is 5.89. The van der Waals surface area contributed by atoms with Gasteiger partial charge in [0.15, 0.2) is 0 Å².